The summed E-state index contributed by atoms with van der Waals surface area (Å²) in [5.41, 5.74) is 11.2. The van der Waals surface area contributed by atoms with E-state index < -0.39 is 0 Å². The van der Waals surface area contributed by atoms with Crippen LogP contribution in [-0.4, -0.2) is 23.9 Å². The number of hydrogen-bond donors (Lipinski definition) is 0. The molecule has 6 nitrogen and oxygen atoms in total. The molecule has 0 amide bonds. The average Bonchev–Trinajstić information content (AvgIpc) is 4.02. The van der Waals surface area contributed by atoms with Gasteiger partial charge in [-0.3, -0.25) is 0 Å². The smallest absolute Gasteiger partial charge is 0.167 e. The minimum absolute atomic E-state index is 0.555. The first-order valence-corrected chi connectivity index (χ1v) is 19.2. The normalized spacial score (nSPS) is 12.2. The molecule has 0 unspecified atom stereocenters. The van der Waals surface area contributed by atoms with Gasteiger partial charge in [-0.1, -0.05) is 133 Å². The summed E-state index contributed by atoms with van der Waals surface area (Å²) < 4.78 is 11.8. The van der Waals surface area contributed by atoms with Gasteiger partial charge in [0, 0.05) is 48.8 Å². The predicted molar refractivity (Wildman–Crippen MR) is 232 cm³/mol. The van der Waals surface area contributed by atoms with E-state index >= 15 is 0 Å². The van der Waals surface area contributed by atoms with E-state index in [1.807, 2.05) is 72.8 Å². The number of rotatable bonds is 4. The Hall–Kier alpha value is -7.83. The lowest BCUT2D eigenvalue weighted by molar-refractivity contribution is 0.669. The van der Waals surface area contributed by atoms with Crippen molar-refractivity contribution in [3.63, 3.8) is 0 Å². The summed E-state index contributed by atoms with van der Waals surface area (Å²) >= 11 is 0. The average molecular weight is 728 g/mol. The van der Waals surface area contributed by atoms with Gasteiger partial charge in [0.25, 0.3) is 0 Å². The third-order valence-corrected chi connectivity index (χ3v) is 11.7. The zero-order valence-corrected chi connectivity index (χ0v) is 30.4. The number of para-hydroxylation sites is 4. The van der Waals surface area contributed by atoms with Gasteiger partial charge in [0.1, 0.15) is 11.2 Å². The van der Waals surface area contributed by atoms with Crippen LogP contribution in [0.1, 0.15) is 0 Å². The van der Waals surface area contributed by atoms with Crippen LogP contribution >= 0.6 is 0 Å². The molecule has 0 bridgehead atoms. The van der Waals surface area contributed by atoms with Crippen LogP contribution in [0.4, 0.5) is 0 Å². The fourth-order valence-corrected chi connectivity index (χ4v) is 9.33. The van der Waals surface area contributed by atoms with Crippen LogP contribution < -0.4 is 0 Å². The lowest BCUT2D eigenvalue weighted by atomic mass is 10.0. The van der Waals surface area contributed by atoms with E-state index in [4.69, 9.17) is 19.4 Å². The third kappa shape index (κ3) is 4.16. The van der Waals surface area contributed by atoms with E-state index in [9.17, 15) is 0 Å². The minimum Gasteiger partial charge on any atom is -0.455 e. The van der Waals surface area contributed by atoms with Crippen LogP contribution in [0.3, 0.4) is 0 Å². The predicted octanol–water partition coefficient (Wildman–Crippen LogP) is 13.0. The lowest BCUT2D eigenvalue weighted by Crippen LogP contribution is -2.01. The SMILES string of the molecule is c1ccc(-c2nc(-c3ccccc3)nc(-c3ccc(-n4c5ccccc5c5c6c7ccccc7n7c8ccccc8c(cc54)c67)c4c3oc3ccccc34)n2)cc1. The number of nitrogens with zero attached hydrogens (tertiary/aromatic N) is 5. The molecule has 0 aliphatic rings. The Balaban J connectivity index is 1.17. The first kappa shape index (κ1) is 30.5. The molecule has 13 rings (SSSR count). The van der Waals surface area contributed by atoms with Crippen LogP contribution in [0, 0.1) is 0 Å². The fraction of sp³-hybridized carbons (Fsp3) is 0. The fourth-order valence-electron chi connectivity index (χ4n) is 9.33. The summed E-state index contributed by atoms with van der Waals surface area (Å²) in [5, 5.41) is 9.51. The van der Waals surface area contributed by atoms with Crippen LogP contribution in [0.15, 0.2) is 180 Å². The Morgan fingerprint density at radius 3 is 1.63 bits per heavy atom. The maximum atomic E-state index is 6.89. The van der Waals surface area contributed by atoms with E-state index in [1.165, 1.54) is 48.9 Å². The van der Waals surface area contributed by atoms with Crippen LogP contribution in [-0.2, 0) is 0 Å². The molecule has 0 aliphatic heterocycles. The molecule has 57 heavy (non-hydrogen) atoms. The summed E-state index contributed by atoms with van der Waals surface area (Å²) in [4.78, 5) is 15.2. The van der Waals surface area contributed by atoms with Gasteiger partial charge in [0.05, 0.1) is 44.2 Å². The second-order valence-electron chi connectivity index (χ2n) is 14.7. The lowest BCUT2D eigenvalue weighted by Gasteiger charge is -2.13. The van der Waals surface area contributed by atoms with Crippen molar-refractivity contribution < 1.29 is 4.42 Å². The van der Waals surface area contributed by atoms with Crippen molar-refractivity contribution in [3.05, 3.63) is 176 Å². The van der Waals surface area contributed by atoms with E-state index in [2.05, 4.69) is 112 Å². The summed E-state index contributed by atoms with van der Waals surface area (Å²) in [6, 6.07) is 61.7. The molecule has 264 valence electrons. The van der Waals surface area contributed by atoms with Gasteiger partial charge in [-0.25, -0.2) is 15.0 Å². The zero-order valence-electron chi connectivity index (χ0n) is 30.4. The topological polar surface area (TPSA) is 61.2 Å². The summed E-state index contributed by atoms with van der Waals surface area (Å²) in [7, 11) is 0. The number of furan rings is 1. The molecule has 0 spiro atoms. The van der Waals surface area contributed by atoms with Gasteiger partial charge in [-0.15, -0.1) is 0 Å². The number of hydrogen-bond acceptors (Lipinski definition) is 4. The van der Waals surface area contributed by atoms with Crippen molar-refractivity contribution in [2.75, 3.05) is 0 Å². The van der Waals surface area contributed by atoms with Gasteiger partial charge in [-0.05, 0) is 42.5 Å². The molecule has 0 radical (unpaired) electrons. The largest absolute Gasteiger partial charge is 0.455 e. The molecular weight excluding hydrogens is 699 g/mol. The van der Waals surface area contributed by atoms with Gasteiger partial charge >= 0.3 is 0 Å². The molecule has 0 fully saturated rings. The molecule has 0 N–H and O–H groups in total. The second kappa shape index (κ2) is 11.4. The van der Waals surface area contributed by atoms with Crippen LogP contribution in [0.5, 0.6) is 0 Å². The van der Waals surface area contributed by atoms with Gasteiger partial charge in [0.15, 0.2) is 17.5 Å². The number of aromatic nitrogens is 5. The Labute approximate surface area is 324 Å². The molecule has 0 saturated heterocycles. The summed E-state index contributed by atoms with van der Waals surface area (Å²) in [5.74, 6) is 1.77. The molecule has 8 aromatic carbocycles. The van der Waals surface area contributed by atoms with Crippen LogP contribution in [0.2, 0.25) is 0 Å². The quantitative estimate of drug-likeness (QED) is 0.181. The van der Waals surface area contributed by atoms with Crippen molar-refractivity contribution in [1.29, 1.82) is 0 Å². The Morgan fingerprint density at radius 1 is 0.386 bits per heavy atom. The van der Waals surface area contributed by atoms with Gasteiger partial charge in [-0.2, -0.15) is 0 Å². The highest BCUT2D eigenvalue weighted by Crippen LogP contribution is 2.48. The summed E-state index contributed by atoms with van der Waals surface area (Å²) in [6.45, 7) is 0. The van der Waals surface area contributed by atoms with Gasteiger partial charge < -0.3 is 13.4 Å². The van der Waals surface area contributed by atoms with E-state index in [0.717, 1.165) is 55.3 Å². The van der Waals surface area contributed by atoms with Gasteiger partial charge in [0.2, 0.25) is 0 Å². The van der Waals surface area contributed by atoms with E-state index in [-0.39, 0.29) is 0 Å². The Morgan fingerprint density at radius 2 is 0.930 bits per heavy atom. The van der Waals surface area contributed by atoms with Crippen LogP contribution in [0.25, 0.3) is 122 Å². The van der Waals surface area contributed by atoms with Crippen molar-refractivity contribution >= 4 is 81.8 Å². The Kier molecular flexibility index (Phi) is 6.07. The summed E-state index contributed by atoms with van der Waals surface area (Å²) in [6.07, 6.45) is 0. The molecule has 13 aromatic rings. The second-order valence-corrected chi connectivity index (χ2v) is 14.7. The maximum absolute atomic E-state index is 6.89. The minimum atomic E-state index is 0.555. The van der Waals surface area contributed by atoms with Crippen molar-refractivity contribution in [3.8, 4) is 39.9 Å². The highest BCUT2D eigenvalue weighted by Gasteiger charge is 2.26. The molecule has 0 atom stereocenters. The number of fused-ring (bicyclic) bond motifs is 13. The Bertz CT molecular complexity index is 3690. The highest BCUT2D eigenvalue weighted by molar-refractivity contribution is 6.36. The molecule has 0 aliphatic carbocycles. The van der Waals surface area contributed by atoms with Crippen molar-refractivity contribution in [1.82, 2.24) is 23.9 Å². The van der Waals surface area contributed by atoms with Crippen molar-refractivity contribution in [2.24, 2.45) is 0 Å². The monoisotopic (exact) mass is 727 g/mol. The molecule has 0 saturated carbocycles. The number of benzene rings is 8. The third-order valence-electron chi connectivity index (χ3n) is 11.7. The standard InChI is InChI=1S/C51H29N5O/c1-3-15-30(16-4-1)49-52-50(31-17-5-2-6-18-31)54-51(53-49)36-27-28-41(45-35-22-10-14-26-43(35)57-48(36)45)55-39-24-12-8-20-33(39)44-42(55)29-37-32-19-7-11-23-38(32)56-40-25-13-9-21-34(40)46(44)47(37)56/h1-29H. The molecular formula is C51H29N5O. The first-order chi connectivity index (χ1) is 28.3. The zero-order chi connectivity index (χ0) is 37.2. The molecule has 5 aromatic heterocycles. The first-order valence-electron chi connectivity index (χ1n) is 19.2. The molecule has 5 heterocycles. The highest BCUT2D eigenvalue weighted by atomic mass is 16.3. The van der Waals surface area contributed by atoms with E-state index in [1.54, 1.807) is 0 Å². The van der Waals surface area contributed by atoms with Crippen molar-refractivity contribution in [2.45, 2.75) is 0 Å². The van der Waals surface area contributed by atoms with E-state index in [0.29, 0.717) is 17.5 Å². The maximum Gasteiger partial charge on any atom is 0.167 e. The molecule has 6 heteroatoms.